The van der Waals surface area contributed by atoms with E-state index in [1.807, 2.05) is 6.92 Å². The Morgan fingerprint density at radius 1 is 1.62 bits per heavy atom. The minimum absolute atomic E-state index is 0.0202. The van der Waals surface area contributed by atoms with E-state index in [0.717, 1.165) is 18.8 Å². The Morgan fingerprint density at radius 3 is 3.06 bits per heavy atom. The van der Waals surface area contributed by atoms with E-state index >= 15 is 0 Å². The molecular formula is C10H16N4O2. The number of methoxy groups -OCH3 is 1. The Kier molecular flexibility index (Phi) is 3.21. The lowest BCUT2D eigenvalue weighted by atomic mass is 10.2. The number of carbonyl (C=O) groups excluding carboxylic acids is 1. The minimum atomic E-state index is -0.109. The molecule has 1 aromatic heterocycles. The number of hydrogen-bond acceptors (Lipinski definition) is 4. The highest BCUT2D eigenvalue weighted by molar-refractivity contribution is 5.95. The number of H-pyrrole nitrogens is 1. The van der Waals surface area contributed by atoms with Crippen LogP contribution in [0.1, 0.15) is 16.1 Å². The van der Waals surface area contributed by atoms with Gasteiger partial charge < -0.3 is 15.4 Å². The summed E-state index contributed by atoms with van der Waals surface area (Å²) in [5.74, 6) is -0.109. The minimum Gasteiger partial charge on any atom is -0.378 e. The van der Waals surface area contributed by atoms with Gasteiger partial charge in [0.15, 0.2) is 0 Å². The Morgan fingerprint density at radius 2 is 2.44 bits per heavy atom. The molecular weight excluding hydrogens is 208 g/mol. The third kappa shape index (κ3) is 2.07. The molecule has 1 amide bonds. The Labute approximate surface area is 93.8 Å². The molecule has 1 aliphatic rings. The standard InChI is InChI=1S/C10H16N4O2/c1-6-7(3-12-14-6)10(15)13-8-4-11-5-9(8)16-2/h3,8-9,11H,4-5H2,1-2H3,(H,12,14)(H,13,15)/t8?,9-/m0/s1. The first-order valence-corrected chi connectivity index (χ1v) is 5.26. The third-order valence-corrected chi connectivity index (χ3v) is 2.85. The van der Waals surface area contributed by atoms with Crippen LogP contribution in [0.25, 0.3) is 0 Å². The zero-order chi connectivity index (χ0) is 11.5. The first kappa shape index (κ1) is 11.1. The molecule has 1 fully saturated rings. The normalized spacial score (nSPS) is 24.6. The van der Waals surface area contributed by atoms with Crippen molar-refractivity contribution in [1.82, 2.24) is 20.8 Å². The molecule has 2 atom stereocenters. The van der Waals surface area contributed by atoms with E-state index in [0.29, 0.717) is 5.56 Å². The molecule has 1 saturated heterocycles. The summed E-state index contributed by atoms with van der Waals surface area (Å²) in [6.45, 7) is 3.33. The van der Waals surface area contributed by atoms with Crippen LogP contribution >= 0.6 is 0 Å². The number of rotatable bonds is 3. The molecule has 6 heteroatoms. The molecule has 1 aliphatic heterocycles. The molecule has 1 unspecified atom stereocenters. The van der Waals surface area contributed by atoms with E-state index in [4.69, 9.17) is 4.74 Å². The van der Waals surface area contributed by atoms with Crippen LogP contribution in [0.3, 0.4) is 0 Å². The summed E-state index contributed by atoms with van der Waals surface area (Å²) in [7, 11) is 1.65. The lowest BCUT2D eigenvalue weighted by molar-refractivity contribution is 0.0779. The van der Waals surface area contributed by atoms with Crippen molar-refractivity contribution in [3.63, 3.8) is 0 Å². The van der Waals surface area contributed by atoms with Crippen LogP contribution < -0.4 is 10.6 Å². The quantitative estimate of drug-likeness (QED) is 0.642. The number of aromatic nitrogens is 2. The summed E-state index contributed by atoms with van der Waals surface area (Å²) < 4.78 is 5.27. The molecule has 0 aliphatic carbocycles. The van der Waals surface area contributed by atoms with E-state index in [9.17, 15) is 4.79 Å². The number of nitrogens with one attached hydrogen (secondary N) is 3. The fourth-order valence-electron chi connectivity index (χ4n) is 1.87. The monoisotopic (exact) mass is 224 g/mol. The van der Waals surface area contributed by atoms with Crippen LogP contribution in [0.4, 0.5) is 0 Å². The third-order valence-electron chi connectivity index (χ3n) is 2.85. The molecule has 3 N–H and O–H groups in total. The van der Waals surface area contributed by atoms with Crippen LogP contribution in [0, 0.1) is 6.92 Å². The molecule has 0 bridgehead atoms. The first-order chi connectivity index (χ1) is 7.72. The average molecular weight is 224 g/mol. The van der Waals surface area contributed by atoms with Crippen molar-refractivity contribution in [2.75, 3.05) is 20.2 Å². The van der Waals surface area contributed by atoms with Gasteiger partial charge in [0, 0.05) is 25.9 Å². The molecule has 0 spiro atoms. The van der Waals surface area contributed by atoms with E-state index < -0.39 is 0 Å². The molecule has 2 rings (SSSR count). The Bertz CT molecular complexity index is 377. The molecule has 0 aromatic carbocycles. The molecule has 16 heavy (non-hydrogen) atoms. The van der Waals surface area contributed by atoms with Gasteiger partial charge in [0.1, 0.15) is 0 Å². The fraction of sp³-hybridized carbons (Fsp3) is 0.600. The van der Waals surface area contributed by atoms with Crippen molar-refractivity contribution >= 4 is 5.91 Å². The average Bonchev–Trinajstić information content (AvgIpc) is 2.86. The Hall–Kier alpha value is -1.40. The molecule has 0 saturated carbocycles. The molecule has 2 heterocycles. The SMILES string of the molecule is CO[C@H]1CNCC1NC(=O)c1cn[nH]c1C. The zero-order valence-corrected chi connectivity index (χ0v) is 9.41. The van der Waals surface area contributed by atoms with Crippen molar-refractivity contribution in [3.8, 4) is 0 Å². The van der Waals surface area contributed by atoms with Gasteiger partial charge in [-0.3, -0.25) is 9.89 Å². The predicted molar refractivity (Wildman–Crippen MR) is 58.2 cm³/mol. The van der Waals surface area contributed by atoms with Gasteiger partial charge in [-0.05, 0) is 6.92 Å². The maximum absolute atomic E-state index is 11.9. The number of hydrogen-bond donors (Lipinski definition) is 3. The van der Waals surface area contributed by atoms with Gasteiger partial charge in [-0.15, -0.1) is 0 Å². The molecule has 1 aromatic rings. The lowest BCUT2D eigenvalue weighted by Gasteiger charge is -2.18. The van der Waals surface area contributed by atoms with Crippen molar-refractivity contribution in [1.29, 1.82) is 0 Å². The largest absolute Gasteiger partial charge is 0.378 e. The Balaban J connectivity index is 2.00. The summed E-state index contributed by atoms with van der Waals surface area (Å²) in [4.78, 5) is 11.9. The van der Waals surface area contributed by atoms with Gasteiger partial charge in [0.25, 0.3) is 5.91 Å². The van der Waals surface area contributed by atoms with Gasteiger partial charge in [-0.25, -0.2) is 0 Å². The summed E-state index contributed by atoms with van der Waals surface area (Å²) in [5, 5.41) is 12.7. The highest BCUT2D eigenvalue weighted by atomic mass is 16.5. The predicted octanol–water partition coefficient (Wildman–Crippen LogP) is -0.565. The maximum Gasteiger partial charge on any atom is 0.255 e. The fourth-order valence-corrected chi connectivity index (χ4v) is 1.87. The van der Waals surface area contributed by atoms with Crippen LogP contribution in [-0.4, -0.2) is 48.4 Å². The molecule has 0 radical (unpaired) electrons. The summed E-state index contributed by atoms with van der Waals surface area (Å²) in [6.07, 6.45) is 1.57. The number of aromatic amines is 1. The van der Waals surface area contributed by atoms with Crippen molar-refractivity contribution in [2.45, 2.75) is 19.1 Å². The molecule has 88 valence electrons. The second-order valence-corrected chi connectivity index (χ2v) is 3.92. The molecule has 6 nitrogen and oxygen atoms in total. The lowest BCUT2D eigenvalue weighted by Crippen LogP contribution is -2.43. The smallest absolute Gasteiger partial charge is 0.255 e. The highest BCUT2D eigenvalue weighted by Crippen LogP contribution is 2.07. The topological polar surface area (TPSA) is 79.0 Å². The number of aryl methyl sites for hydroxylation is 1. The summed E-state index contributed by atoms with van der Waals surface area (Å²) in [5.41, 5.74) is 1.36. The van der Waals surface area contributed by atoms with Gasteiger partial charge in [-0.1, -0.05) is 0 Å². The number of amides is 1. The van der Waals surface area contributed by atoms with Crippen LogP contribution in [-0.2, 0) is 4.74 Å². The summed E-state index contributed by atoms with van der Waals surface area (Å²) in [6, 6.07) is 0.0202. The first-order valence-electron chi connectivity index (χ1n) is 5.26. The number of carbonyl (C=O) groups is 1. The summed E-state index contributed by atoms with van der Waals surface area (Å²) >= 11 is 0. The van der Waals surface area contributed by atoms with Crippen LogP contribution in [0.2, 0.25) is 0 Å². The second-order valence-electron chi connectivity index (χ2n) is 3.92. The van der Waals surface area contributed by atoms with Crippen molar-refractivity contribution in [3.05, 3.63) is 17.5 Å². The highest BCUT2D eigenvalue weighted by Gasteiger charge is 2.28. The maximum atomic E-state index is 11.9. The van der Waals surface area contributed by atoms with Crippen molar-refractivity contribution in [2.24, 2.45) is 0 Å². The van der Waals surface area contributed by atoms with Gasteiger partial charge in [0.2, 0.25) is 0 Å². The van der Waals surface area contributed by atoms with Gasteiger partial charge in [0.05, 0.1) is 23.9 Å². The second kappa shape index (κ2) is 4.63. The van der Waals surface area contributed by atoms with E-state index in [1.54, 1.807) is 7.11 Å². The van der Waals surface area contributed by atoms with E-state index in [-0.39, 0.29) is 18.1 Å². The van der Waals surface area contributed by atoms with Crippen molar-refractivity contribution < 1.29 is 9.53 Å². The number of ether oxygens (including phenoxy) is 1. The van der Waals surface area contributed by atoms with E-state index in [1.165, 1.54) is 6.20 Å². The van der Waals surface area contributed by atoms with Gasteiger partial charge >= 0.3 is 0 Å². The van der Waals surface area contributed by atoms with Crippen LogP contribution in [0.5, 0.6) is 0 Å². The zero-order valence-electron chi connectivity index (χ0n) is 9.41. The van der Waals surface area contributed by atoms with Gasteiger partial charge in [-0.2, -0.15) is 5.10 Å². The van der Waals surface area contributed by atoms with E-state index in [2.05, 4.69) is 20.8 Å². The number of nitrogens with zero attached hydrogens (tertiary/aromatic N) is 1. The van der Waals surface area contributed by atoms with Crippen LogP contribution in [0.15, 0.2) is 6.20 Å².